The van der Waals surface area contributed by atoms with Gasteiger partial charge in [0, 0.05) is 17.9 Å². The highest BCUT2D eigenvalue weighted by Crippen LogP contribution is 2.16. The van der Waals surface area contributed by atoms with E-state index in [9.17, 15) is 4.79 Å². The third-order valence-electron chi connectivity index (χ3n) is 2.41. The molecule has 5 nitrogen and oxygen atoms in total. The van der Waals surface area contributed by atoms with E-state index >= 15 is 0 Å². The van der Waals surface area contributed by atoms with Gasteiger partial charge in [0.2, 0.25) is 5.95 Å². The summed E-state index contributed by atoms with van der Waals surface area (Å²) in [6.45, 7) is 9.86. The summed E-state index contributed by atoms with van der Waals surface area (Å²) >= 11 is 0. The van der Waals surface area contributed by atoms with E-state index in [-0.39, 0.29) is 12.5 Å². The lowest BCUT2D eigenvalue weighted by atomic mass is 10.1. The van der Waals surface area contributed by atoms with Gasteiger partial charge in [-0.3, -0.25) is 4.79 Å². The Kier molecular flexibility index (Phi) is 4.83. The minimum atomic E-state index is -0.909. The largest absolute Gasteiger partial charge is 0.480 e. The van der Waals surface area contributed by atoms with Crippen LogP contribution in [0.3, 0.4) is 0 Å². The number of aliphatic carboxylic acids is 1. The maximum Gasteiger partial charge on any atom is 0.323 e. The second-order valence-electron chi connectivity index (χ2n) is 4.45. The van der Waals surface area contributed by atoms with Gasteiger partial charge >= 0.3 is 5.97 Å². The number of carboxylic acids is 1. The molecule has 1 N–H and O–H groups in total. The van der Waals surface area contributed by atoms with Crippen LogP contribution in [0.15, 0.2) is 18.7 Å². The molecule has 0 radical (unpaired) electrons. The Morgan fingerprint density at radius 2 is 2.22 bits per heavy atom. The highest BCUT2D eigenvalue weighted by Gasteiger charge is 2.14. The van der Waals surface area contributed by atoms with Crippen molar-refractivity contribution in [2.45, 2.75) is 26.7 Å². The number of aryl methyl sites for hydroxylation is 1. The fourth-order valence-electron chi connectivity index (χ4n) is 1.55. The van der Waals surface area contributed by atoms with Crippen LogP contribution < -0.4 is 4.90 Å². The van der Waals surface area contributed by atoms with Crippen molar-refractivity contribution < 1.29 is 9.90 Å². The molecule has 5 heteroatoms. The topological polar surface area (TPSA) is 66.3 Å². The van der Waals surface area contributed by atoms with Gasteiger partial charge in [-0.1, -0.05) is 19.9 Å². The van der Waals surface area contributed by atoms with Crippen LogP contribution in [0.4, 0.5) is 5.95 Å². The number of rotatable bonds is 6. The Bertz CT molecular complexity index is 444. The number of carboxylic acid groups (broad SMARTS) is 1. The first-order valence-electron chi connectivity index (χ1n) is 5.87. The molecule has 1 rings (SSSR count). The summed E-state index contributed by atoms with van der Waals surface area (Å²) in [5.74, 6) is -0.185. The van der Waals surface area contributed by atoms with E-state index in [0.717, 1.165) is 11.4 Å². The van der Waals surface area contributed by atoms with Crippen LogP contribution >= 0.6 is 0 Å². The van der Waals surface area contributed by atoms with Crippen LogP contribution in [0.1, 0.15) is 31.2 Å². The Balaban J connectivity index is 3.10. The summed E-state index contributed by atoms with van der Waals surface area (Å²) in [5.41, 5.74) is 1.75. The fraction of sp³-hybridized carbons (Fsp3) is 0.462. The van der Waals surface area contributed by atoms with Crippen LogP contribution in [0.5, 0.6) is 0 Å². The van der Waals surface area contributed by atoms with Gasteiger partial charge in [-0.05, 0) is 18.9 Å². The highest BCUT2D eigenvalue weighted by atomic mass is 16.4. The molecular formula is C13H19N3O2. The summed E-state index contributed by atoms with van der Waals surface area (Å²) in [5, 5.41) is 8.89. The van der Waals surface area contributed by atoms with Crippen molar-refractivity contribution >= 4 is 11.9 Å². The average Bonchev–Trinajstić information content (AvgIpc) is 2.27. The van der Waals surface area contributed by atoms with E-state index in [0.29, 0.717) is 12.5 Å². The molecule has 1 aromatic heterocycles. The predicted octanol–water partition coefficient (Wildman–Crippen LogP) is 1.99. The second kappa shape index (κ2) is 6.14. The zero-order chi connectivity index (χ0) is 13.7. The fourth-order valence-corrected chi connectivity index (χ4v) is 1.55. The van der Waals surface area contributed by atoms with Gasteiger partial charge < -0.3 is 10.0 Å². The number of hydrogen-bond acceptors (Lipinski definition) is 4. The quantitative estimate of drug-likeness (QED) is 0.781. The summed E-state index contributed by atoms with van der Waals surface area (Å²) in [6.07, 6.45) is 1.64. The smallest absolute Gasteiger partial charge is 0.323 e. The predicted molar refractivity (Wildman–Crippen MR) is 70.9 cm³/mol. The monoisotopic (exact) mass is 249 g/mol. The molecule has 0 saturated carbocycles. The number of anilines is 1. The number of carbonyl (C=O) groups is 1. The Morgan fingerprint density at radius 1 is 1.56 bits per heavy atom. The van der Waals surface area contributed by atoms with E-state index < -0.39 is 5.97 Å². The molecule has 0 aromatic carbocycles. The molecular weight excluding hydrogens is 230 g/mol. The summed E-state index contributed by atoms with van der Waals surface area (Å²) in [4.78, 5) is 21.1. The lowest BCUT2D eigenvalue weighted by Gasteiger charge is -2.20. The molecule has 0 atom stereocenters. The van der Waals surface area contributed by atoms with Crippen LogP contribution in [-0.2, 0) is 4.79 Å². The minimum absolute atomic E-state index is 0.132. The zero-order valence-electron chi connectivity index (χ0n) is 11.1. The SMILES string of the molecule is C=CCN(CC(=O)O)c1nc(C)cc(C(C)C)n1. The first kappa shape index (κ1) is 14.2. The van der Waals surface area contributed by atoms with Crippen molar-refractivity contribution in [2.24, 2.45) is 0 Å². The summed E-state index contributed by atoms with van der Waals surface area (Å²) in [7, 11) is 0. The molecule has 0 amide bonds. The zero-order valence-corrected chi connectivity index (χ0v) is 11.1. The van der Waals surface area contributed by atoms with Crippen molar-refractivity contribution in [1.82, 2.24) is 9.97 Å². The molecule has 1 aromatic rings. The number of aromatic nitrogens is 2. The average molecular weight is 249 g/mol. The molecule has 18 heavy (non-hydrogen) atoms. The Labute approximate surface area is 107 Å². The highest BCUT2D eigenvalue weighted by molar-refractivity contribution is 5.72. The normalized spacial score (nSPS) is 10.4. The van der Waals surface area contributed by atoms with E-state index in [4.69, 9.17) is 5.11 Å². The Morgan fingerprint density at radius 3 is 2.72 bits per heavy atom. The maximum absolute atomic E-state index is 10.8. The van der Waals surface area contributed by atoms with Crippen molar-refractivity contribution in [2.75, 3.05) is 18.0 Å². The van der Waals surface area contributed by atoms with Gasteiger partial charge in [0.05, 0.1) is 0 Å². The molecule has 0 aliphatic rings. The van der Waals surface area contributed by atoms with Gasteiger partial charge in [0.15, 0.2) is 0 Å². The molecule has 1 heterocycles. The van der Waals surface area contributed by atoms with E-state index in [2.05, 4.69) is 16.5 Å². The van der Waals surface area contributed by atoms with Gasteiger partial charge in [0.25, 0.3) is 0 Å². The van der Waals surface area contributed by atoms with Gasteiger partial charge in [-0.2, -0.15) is 0 Å². The van der Waals surface area contributed by atoms with Crippen molar-refractivity contribution in [1.29, 1.82) is 0 Å². The second-order valence-corrected chi connectivity index (χ2v) is 4.45. The van der Waals surface area contributed by atoms with E-state index in [1.165, 1.54) is 0 Å². The maximum atomic E-state index is 10.8. The van der Waals surface area contributed by atoms with Crippen LogP contribution in [0.25, 0.3) is 0 Å². The first-order valence-corrected chi connectivity index (χ1v) is 5.87. The lowest BCUT2D eigenvalue weighted by molar-refractivity contribution is -0.135. The third kappa shape index (κ3) is 3.84. The number of hydrogen-bond donors (Lipinski definition) is 1. The van der Waals surface area contributed by atoms with Crippen LogP contribution in [0.2, 0.25) is 0 Å². The summed E-state index contributed by atoms with van der Waals surface area (Å²) in [6, 6.07) is 1.92. The molecule has 98 valence electrons. The van der Waals surface area contributed by atoms with Crippen LogP contribution in [0, 0.1) is 6.92 Å². The molecule has 0 aliphatic carbocycles. The molecule has 0 spiro atoms. The van der Waals surface area contributed by atoms with Gasteiger partial charge in [-0.15, -0.1) is 6.58 Å². The van der Waals surface area contributed by atoms with Crippen molar-refractivity contribution in [3.05, 3.63) is 30.1 Å². The molecule has 0 bridgehead atoms. The third-order valence-corrected chi connectivity index (χ3v) is 2.41. The Hall–Kier alpha value is -1.91. The summed E-state index contributed by atoms with van der Waals surface area (Å²) < 4.78 is 0. The lowest BCUT2D eigenvalue weighted by Crippen LogP contribution is -2.31. The minimum Gasteiger partial charge on any atom is -0.480 e. The van der Waals surface area contributed by atoms with Crippen molar-refractivity contribution in [3.63, 3.8) is 0 Å². The molecule has 0 aliphatic heterocycles. The van der Waals surface area contributed by atoms with Crippen LogP contribution in [-0.4, -0.2) is 34.1 Å². The van der Waals surface area contributed by atoms with E-state index in [1.807, 2.05) is 26.8 Å². The number of nitrogens with zero attached hydrogens (tertiary/aromatic N) is 3. The van der Waals surface area contributed by atoms with Gasteiger partial charge in [0.1, 0.15) is 6.54 Å². The standard InChI is InChI=1S/C13H19N3O2/c1-5-6-16(8-12(17)18)13-14-10(4)7-11(15-13)9(2)3/h5,7,9H,1,6,8H2,2-4H3,(H,17,18). The van der Waals surface area contributed by atoms with Crippen molar-refractivity contribution in [3.8, 4) is 0 Å². The molecule has 0 unspecified atom stereocenters. The van der Waals surface area contributed by atoms with Gasteiger partial charge in [-0.25, -0.2) is 9.97 Å². The first-order chi connectivity index (χ1) is 8.43. The molecule has 0 fully saturated rings. The van der Waals surface area contributed by atoms with E-state index in [1.54, 1.807) is 11.0 Å². The molecule has 0 saturated heterocycles.